The molecule has 0 saturated heterocycles. The minimum atomic E-state index is -1.08. The average Bonchev–Trinajstić information content (AvgIpc) is 2.98. The number of amides is 1. The van der Waals surface area contributed by atoms with E-state index >= 15 is 0 Å². The maximum atomic E-state index is 12.9. The number of fused-ring (bicyclic) bond motifs is 2. The molecule has 3 aromatic rings. The van der Waals surface area contributed by atoms with Crippen molar-refractivity contribution in [2.75, 3.05) is 11.9 Å². The third-order valence-corrected chi connectivity index (χ3v) is 6.72. The summed E-state index contributed by atoms with van der Waals surface area (Å²) >= 11 is 1.40. The first-order valence-electron chi connectivity index (χ1n) is 11.0. The van der Waals surface area contributed by atoms with Crippen molar-refractivity contribution >= 4 is 45.2 Å². The number of carbonyl (C=O) groups excluding carboxylic acids is 3. The van der Waals surface area contributed by atoms with Crippen molar-refractivity contribution in [2.45, 2.75) is 52.1 Å². The van der Waals surface area contributed by atoms with E-state index in [1.807, 2.05) is 0 Å². The van der Waals surface area contributed by atoms with E-state index in [9.17, 15) is 14.4 Å². The van der Waals surface area contributed by atoms with Crippen molar-refractivity contribution in [2.24, 2.45) is 0 Å². The van der Waals surface area contributed by atoms with Gasteiger partial charge in [0.05, 0.1) is 23.3 Å². The molecule has 0 fully saturated rings. The molecule has 1 atom stereocenters. The van der Waals surface area contributed by atoms with Crippen molar-refractivity contribution in [1.29, 1.82) is 0 Å². The molecule has 33 heavy (non-hydrogen) atoms. The number of thiophene rings is 1. The molecule has 1 aliphatic rings. The van der Waals surface area contributed by atoms with Crippen LogP contribution in [-0.4, -0.2) is 40.5 Å². The molecule has 8 nitrogen and oxygen atoms in total. The highest BCUT2D eigenvalue weighted by Crippen LogP contribution is 2.38. The zero-order valence-corrected chi connectivity index (χ0v) is 19.4. The topological polar surface area (TPSA) is 107 Å². The van der Waals surface area contributed by atoms with Crippen molar-refractivity contribution in [3.8, 4) is 0 Å². The van der Waals surface area contributed by atoms with Crippen LogP contribution in [0.1, 0.15) is 64.3 Å². The Morgan fingerprint density at radius 3 is 2.70 bits per heavy atom. The van der Waals surface area contributed by atoms with Gasteiger partial charge in [-0.05, 0) is 57.2 Å². The quantitative estimate of drug-likeness (QED) is 0.425. The van der Waals surface area contributed by atoms with E-state index in [1.54, 1.807) is 25.1 Å². The van der Waals surface area contributed by atoms with E-state index < -0.39 is 23.9 Å². The molecule has 0 spiro atoms. The van der Waals surface area contributed by atoms with Crippen LogP contribution < -0.4 is 5.32 Å². The van der Waals surface area contributed by atoms with Crippen LogP contribution >= 0.6 is 11.3 Å². The molecule has 0 saturated carbocycles. The van der Waals surface area contributed by atoms with Crippen molar-refractivity contribution in [3.63, 3.8) is 0 Å². The lowest BCUT2D eigenvalue weighted by atomic mass is 10.1. The van der Waals surface area contributed by atoms with Crippen LogP contribution in [0.2, 0.25) is 0 Å². The second-order valence-electron chi connectivity index (χ2n) is 7.76. The minimum Gasteiger partial charge on any atom is -0.462 e. The number of nitrogens with one attached hydrogen (secondary N) is 1. The molecule has 172 valence electrons. The van der Waals surface area contributed by atoms with Gasteiger partial charge < -0.3 is 14.8 Å². The number of para-hydroxylation sites is 1. The first-order chi connectivity index (χ1) is 16.0. The molecule has 2 heterocycles. The summed E-state index contributed by atoms with van der Waals surface area (Å²) < 4.78 is 10.7. The van der Waals surface area contributed by atoms with Gasteiger partial charge in [-0.25, -0.2) is 9.59 Å². The van der Waals surface area contributed by atoms with Gasteiger partial charge >= 0.3 is 11.9 Å². The Bertz CT molecular complexity index is 1200. The molecule has 4 rings (SSSR count). The summed E-state index contributed by atoms with van der Waals surface area (Å²) in [4.78, 5) is 47.8. The number of rotatable bonds is 6. The lowest BCUT2D eigenvalue weighted by Crippen LogP contribution is -2.30. The number of anilines is 1. The van der Waals surface area contributed by atoms with Crippen LogP contribution in [0.25, 0.3) is 11.0 Å². The number of carbonyl (C=O) groups is 3. The molecule has 1 amide bonds. The van der Waals surface area contributed by atoms with Crippen LogP contribution in [0, 0.1) is 0 Å². The molecule has 2 aromatic heterocycles. The summed E-state index contributed by atoms with van der Waals surface area (Å²) in [5.74, 6) is -1.63. The molecule has 1 N–H and O–H groups in total. The summed E-state index contributed by atoms with van der Waals surface area (Å²) in [5.41, 5.74) is 2.59. The highest BCUT2D eigenvalue weighted by atomic mass is 32.1. The Labute approximate surface area is 195 Å². The molecule has 0 bridgehead atoms. The Morgan fingerprint density at radius 2 is 1.88 bits per heavy atom. The van der Waals surface area contributed by atoms with E-state index in [-0.39, 0.29) is 12.2 Å². The highest BCUT2D eigenvalue weighted by molar-refractivity contribution is 7.17. The highest BCUT2D eigenvalue weighted by Gasteiger charge is 2.28. The summed E-state index contributed by atoms with van der Waals surface area (Å²) in [6, 6.07) is 5.01. The standard InChI is InChI=1S/C24H25N3O5S/c1-3-31-24(30)19-15-8-5-4-6-11-18(15)33-22(19)27-21(28)14(2)32-23(29)16-9-7-10-17-20(16)26-13-12-25-17/h7,9-10,12-14H,3-6,8,11H2,1-2H3,(H,27,28). The molecule has 0 aliphatic heterocycles. The Hall–Kier alpha value is -3.33. The lowest BCUT2D eigenvalue weighted by molar-refractivity contribution is -0.123. The molecular formula is C24H25N3O5S. The first-order valence-corrected chi connectivity index (χ1v) is 11.8. The van der Waals surface area contributed by atoms with Crippen LogP contribution in [0.3, 0.4) is 0 Å². The molecule has 0 radical (unpaired) electrons. The van der Waals surface area contributed by atoms with E-state index in [1.165, 1.54) is 30.7 Å². The number of benzene rings is 1. The van der Waals surface area contributed by atoms with Crippen molar-refractivity contribution in [1.82, 2.24) is 9.97 Å². The summed E-state index contributed by atoms with van der Waals surface area (Å²) in [5, 5.41) is 3.24. The number of hydrogen-bond donors (Lipinski definition) is 1. The van der Waals surface area contributed by atoms with Crippen LogP contribution in [0.5, 0.6) is 0 Å². The Balaban J connectivity index is 1.53. The zero-order valence-electron chi connectivity index (χ0n) is 18.6. The van der Waals surface area contributed by atoms with Gasteiger partial charge in [0.2, 0.25) is 0 Å². The van der Waals surface area contributed by atoms with E-state index in [0.29, 0.717) is 21.6 Å². The zero-order chi connectivity index (χ0) is 23.4. The second kappa shape index (κ2) is 10.1. The number of ether oxygens (including phenoxy) is 2. The Morgan fingerprint density at radius 1 is 1.09 bits per heavy atom. The molecule has 1 unspecified atom stereocenters. The van der Waals surface area contributed by atoms with Crippen molar-refractivity contribution in [3.05, 3.63) is 52.2 Å². The van der Waals surface area contributed by atoms with Gasteiger partial charge in [0.25, 0.3) is 5.91 Å². The fourth-order valence-electron chi connectivity index (χ4n) is 3.90. The van der Waals surface area contributed by atoms with E-state index in [2.05, 4.69) is 15.3 Å². The van der Waals surface area contributed by atoms with Crippen LogP contribution in [0.15, 0.2) is 30.6 Å². The Kier molecular flexibility index (Phi) is 6.98. The lowest BCUT2D eigenvalue weighted by Gasteiger charge is -2.14. The van der Waals surface area contributed by atoms with Gasteiger partial charge in [0.15, 0.2) is 6.10 Å². The van der Waals surface area contributed by atoms with Gasteiger partial charge in [-0.3, -0.25) is 14.8 Å². The number of hydrogen-bond acceptors (Lipinski definition) is 8. The summed E-state index contributed by atoms with van der Waals surface area (Å²) in [6.07, 6.45) is 6.75. The van der Waals surface area contributed by atoms with Crippen LogP contribution in [0.4, 0.5) is 5.00 Å². The van der Waals surface area contributed by atoms with E-state index in [0.717, 1.165) is 42.5 Å². The van der Waals surface area contributed by atoms with Gasteiger partial charge in [0.1, 0.15) is 10.5 Å². The molecule has 1 aliphatic carbocycles. The monoisotopic (exact) mass is 467 g/mol. The smallest absolute Gasteiger partial charge is 0.341 e. The first kappa shape index (κ1) is 22.8. The third-order valence-electron chi connectivity index (χ3n) is 5.51. The maximum Gasteiger partial charge on any atom is 0.341 e. The minimum absolute atomic E-state index is 0.232. The van der Waals surface area contributed by atoms with E-state index in [4.69, 9.17) is 9.47 Å². The number of esters is 2. The molecular weight excluding hydrogens is 442 g/mol. The number of aromatic nitrogens is 2. The largest absolute Gasteiger partial charge is 0.462 e. The normalized spacial score (nSPS) is 14.1. The van der Waals surface area contributed by atoms with Gasteiger partial charge in [-0.15, -0.1) is 11.3 Å². The summed E-state index contributed by atoms with van der Waals surface area (Å²) in [7, 11) is 0. The number of aryl methyl sites for hydroxylation is 1. The SMILES string of the molecule is CCOC(=O)c1c(NC(=O)C(C)OC(=O)c2cccc3nccnc23)sc2c1CCCCC2. The van der Waals surface area contributed by atoms with Gasteiger partial charge in [0, 0.05) is 17.3 Å². The second-order valence-corrected chi connectivity index (χ2v) is 8.86. The maximum absolute atomic E-state index is 12.9. The predicted molar refractivity (Wildman–Crippen MR) is 125 cm³/mol. The molecule has 1 aromatic carbocycles. The fourth-order valence-corrected chi connectivity index (χ4v) is 5.18. The molecule has 9 heteroatoms. The number of nitrogens with zero attached hydrogens (tertiary/aromatic N) is 2. The fraction of sp³-hybridized carbons (Fsp3) is 0.375. The van der Waals surface area contributed by atoms with Crippen molar-refractivity contribution < 1.29 is 23.9 Å². The summed E-state index contributed by atoms with van der Waals surface area (Å²) in [6.45, 7) is 3.49. The van der Waals surface area contributed by atoms with Crippen LogP contribution in [-0.2, 0) is 27.1 Å². The third kappa shape index (κ3) is 4.88. The average molecular weight is 468 g/mol. The predicted octanol–water partition coefficient (Wildman–Crippen LogP) is 4.32. The van der Waals surface area contributed by atoms with Gasteiger partial charge in [-0.1, -0.05) is 12.5 Å². The van der Waals surface area contributed by atoms with Gasteiger partial charge in [-0.2, -0.15) is 0 Å².